The largest absolute Gasteiger partial charge is 0.496 e. The van der Waals surface area contributed by atoms with Gasteiger partial charge < -0.3 is 4.74 Å². The molecule has 0 unspecified atom stereocenters. The molecule has 0 spiro atoms. The second-order valence-electron chi connectivity index (χ2n) is 7.02. The zero-order valence-corrected chi connectivity index (χ0v) is 13.6. The molecule has 2 fully saturated rings. The maximum atomic E-state index is 5.69. The molecule has 2 aliphatic carbocycles. The summed E-state index contributed by atoms with van der Waals surface area (Å²) in [6, 6.07) is 7.06. The summed E-state index contributed by atoms with van der Waals surface area (Å²) in [5.74, 6) is 2.66. The van der Waals surface area contributed by atoms with Gasteiger partial charge in [0, 0.05) is 0 Å². The van der Waals surface area contributed by atoms with Crippen molar-refractivity contribution in [2.45, 2.75) is 82.5 Å². The first-order chi connectivity index (χ1) is 10.4. The Morgan fingerprint density at radius 2 is 1.33 bits per heavy atom. The third kappa shape index (κ3) is 3.62. The van der Waals surface area contributed by atoms with E-state index in [1.165, 1.54) is 76.2 Å². The average molecular weight is 286 g/mol. The molecule has 21 heavy (non-hydrogen) atoms. The molecule has 1 heteroatoms. The first-order valence-electron chi connectivity index (χ1n) is 9.06. The SMILES string of the molecule is COc1ccc(C2CCCC2)cc1C1CCCCCCC1. The summed E-state index contributed by atoms with van der Waals surface area (Å²) in [6.07, 6.45) is 15.4. The predicted octanol–water partition coefficient (Wildman–Crippen LogP) is 6.18. The van der Waals surface area contributed by atoms with E-state index in [1.54, 1.807) is 5.56 Å². The Labute approximate surface area is 130 Å². The first-order valence-corrected chi connectivity index (χ1v) is 9.06. The Kier molecular flexibility index (Phi) is 5.22. The van der Waals surface area contributed by atoms with Crippen LogP contribution in [0.2, 0.25) is 0 Å². The molecule has 0 amide bonds. The molecule has 0 saturated heterocycles. The highest BCUT2D eigenvalue weighted by Crippen LogP contribution is 2.40. The highest BCUT2D eigenvalue weighted by Gasteiger charge is 2.22. The lowest BCUT2D eigenvalue weighted by Crippen LogP contribution is -2.06. The highest BCUT2D eigenvalue weighted by atomic mass is 16.5. The van der Waals surface area contributed by atoms with Crippen molar-refractivity contribution in [2.24, 2.45) is 0 Å². The van der Waals surface area contributed by atoms with E-state index < -0.39 is 0 Å². The molecule has 2 saturated carbocycles. The van der Waals surface area contributed by atoms with Crippen molar-refractivity contribution in [2.75, 3.05) is 7.11 Å². The van der Waals surface area contributed by atoms with E-state index in [4.69, 9.17) is 4.74 Å². The monoisotopic (exact) mass is 286 g/mol. The van der Waals surface area contributed by atoms with Crippen LogP contribution in [0.1, 0.15) is 93.6 Å². The zero-order chi connectivity index (χ0) is 14.5. The topological polar surface area (TPSA) is 9.23 Å². The van der Waals surface area contributed by atoms with Gasteiger partial charge in [0.1, 0.15) is 5.75 Å². The van der Waals surface area contributed by atoms with Crippen LogP contribution in [0, 0.1) is 0 Å². The minimum absolute atomic E-state index is 0.724. The Balaban J connectivity index is 1.84. The summed E-state index contributed by atoms with van der Waals surface area (Å²) in [4.78, 5) is 0. The van der Waals surface area contributed by atoms with Crippen LogP contribution in [0.4, 0.5) is 0 Å². The fourth-order valence-electron chi connectivity index (χ4n) is 4.35. The van der Waals surface area contributed by atoms with E-state index in [2.05, 4.69) is 18.2 Å². The van der Waals surface area contributed by atoms with Crippen LogP contribution in [0.15, 0.2) is 18.2 Å². The third-order valence-electron chi connectivity index (χ3n) is 5.63. The minimum atomic E-state index is 0.724. The van der Waals surface area contributed by atoms with Gasteiger partial charge in [-0.1, -0.05) is 57.1 Å². The molecule has 1 nitrogen and oxygen atoms in total. The van der Waals surface area contributed by atoms with Gasteiger partial charge in [0.15, 0.2) is 0 Å². The molecule has 0 aromatic heterocycles. The Morgan fingerprint density at radius 3 is 2.00 bits per heavy atom. The van der Waals surface area contributed by atoms with Crippen molar-refractivity contribution in [3.63, 3.8) is 0 Å². The number of hydrogen-bond donors (Lipinski definition) is 0. The lowest BCUT2D eigenvalue weighted by Gasteiger charge is -2.23. The second kappa shape index (κ2) is 7.33. The molecule has 0 radical (unpaired) electrons. The van der Waals surface area contributed by atoms with Gasteiger partial charge >= 0.3 is 0 Å². The third-order valence-corrected chi connectivity index (χ3v) is 5.63. The molecule has 116 valence electrons. The van der Waals surface area contributed by atoms with Gasteiger partial charge in [-0.25, -0.2) is 0 Å². The summed E-state index contributed by atoms with van der Waals surface area (Å²) in [5, 5.41) is 0. The Morgan fingerprint density at radius 1 is 0.762 bits per heavy atom. The van der Waals surface area contributed by atoms with Gasteiger partial charge in [0.2, 0.25) is 0 Å². The molecule has 0 atom stereocenters. The van der Waals surface area contributed by atoms with E-state index >= 15 is 0 Å². The van der Waals surface area contributed by atoms with Crippen LogP contribution < -0.4 is 4.74 Å². The van der Waals surface area contributed by atoms with Crippen LogP contribution in [0.3, 0.4) is 0 Å². The Hall–Kier alpha value is -0.980. The molecule has 1 aromatic carbocycles. The molecule has 0 N–H and O–H groups in total. The molecular weight excluding hydrogens is 256 g/mol. The summed E-state index contributed by atoms with van der Waals surface area (Å²) < 4.78 is 5.69. The van der Waals surface area contributed by atoms with Crippen molar-refractivity contribution < 1.29 is 4.74 Å². The Bertz CT molecular complexity index is 437. The van der Waals surface area contributed by atoms with Gasteiger partial charge in [0.25, 0.3) is 0 Å². The van der Waals surface area contributed by atoms with Gasteiger partial charge in [-0.05, 0) is 54.7 Å². The van der Waals surface area contributed by atoms with E-state index in [0.29, 0.717) is 0 Å². The molecule has 0 bridgehead atoms. The lowest BCUT2D eigenvalue weighted by atomic mass is 9.83. The van der Waals surface area contributed by atoms with Crippen LogP contribution >= 0.6 is 0 Å². The summed E-state index contributed by atoms with van der Waals surface area (Å²) in [5.41, 5.74) is 3.08. The van der Waals surface area contributed by atoms with Crippen molar-refractivity contribution in [3.05, 3.63) is 29.3 Å². The lowest BCUT2D eigenvalue weighted by molar-refractivity contribution is 0.392. The maximum Gasteiger partial charge on any atom is 0.122 e. The highest BCUT2D eigenvalue weighted by molar-refractivity contribution is 5.41. The number of rotatable bonds is 3. The molecule has 3 rings (SSSR count). The van der Waals surface area contributed by atoms with Gasteiger partial charge in [-0.2, -0.15) is 0 Å². The standard InChI is InChI=1S/C20H30O/c1-21-20-14-13-18(16-9-7-8-10-16)15-19(20)17-11-5-3-2-4-6-12-17/h13-17H,2-12H2,1H3. The quantitative estimate of drug-likeness (QED) is 0.644. The number of hydrogen-bond acceptors (Lipinski definition) is 1. The van der Waals surface area contributed by atoms with Crippen LogP contribution in [0.25, 0.3) is 0 Å². The van der Waals surface area contributed by atoms with Crippen molar-refractivity contribution in [1.29, 1.82) is 0 Å². The van der Waals surface area contributed by atoms with Crippen molar-refractivity contribution >= 4 is 0 Å². The molecular formula is C20H30O. The van der Waals surface area contributed by atoms with E-state index in [1.807, 2.05) is 7.11 Å². The number of ether oxygens (including phenoxy) is 1. The van der Waals surface area contributed by atoms with Gasteiger partial charge in [-0.15, -0.1) is 0 Å². The van der Waals surface area contributed by atoms with Crippen LogP contribution in [0.5, 0.6) is 5.75 Å². The van der Waals surface area contributed by atoms with Gasteiger partial charge in [-0.3, -0.25) is 0 Å². The maximum absolute atomic E-state index is 5.69. The number of methoxy groups -OCH3 is 1. The van der Waals surface area contributed by atoms with E-state index in [9.17, 15) is 0 Å². The smallest absolute Gasteiger partial charge is 0.122 e. The number of benzene rings is 1. The molecule has 1 aromatic rings. The molecule has 0 aliphatic heterocycles. The average Bonchev–Trinajstić information content (AvgIpc) is 3.00. The summed E-state index contributed by atoms with van der Waals surface area (Å²) in [6.45, 7) is 0. The van der Waals surface area contributed by atoms with Crippen LogP contribution in [-0.4, -0.2) is 7.11 Å². The normalized spacial score (nSPS) is 22.0. The summed E-state index contributed by atoms with van der Waals surface area (Å²) >= 11 is 0. The fourth-order valence-corrected chi connectivity index (χ4v) is 4.35. The van der Waals surface area contributed by atoms with Crippen molar-refractivity contribution in [3.8, 4) is 5.75 Å². The van der Waals surface area contributed by atoms with E-state index in [0.717, 1.165) is 17.6 Å². The zero-order valence-electron chi connectivity index (χ0n) is 13.6. The molecule has 0 heterocycles. The fraction of sp³-hybridized carbons (Fsp3) is 0.700. The van der Waals surface area contributed by atoms with Crippen LogP contribution in [-0.2, 0) is 0 Å². The first kappa shape index (κ1) is 14.9. The predicted molar refractivity (Wildman–Crippen MR) is 89.3 cm³/mol. The van der Waals surface area contributed by atoms with Gasteiger partial charge in [0.05, 0.1) is 7.11 Å². The second-order valence-corrected chi connectivity index (χ2v) is 7.02. The molecule has 2 aliphatic rings. The van der Waals surface area contributed by atoms with E-state index in [-0.39, 0.29) is 0 Å². The summed E-state index contributed by atoms with van der Waals surface area (Å²) in [7, 11) is 1.83. The van der Waals surface area contributed by atoms with Crippen molar-refractivity contribution in [1.82, 2.24) is 0 Å². The minimum Gasteiger partial charge on any atom is -0.496 e.